The Morgan fingerprint density at radius 3 is 1.40 bits per heavy atom. The van der Waals surface area contributed by atoms with Gasteiger partial charge in [0.2, 0.25) is 0 Å². The lowest BCUT2D eigenvalue weighted by atomic mass is 10.0. The highest BCUT2D eigenvalue weighted by atomic mass is 16.3. The van der Waals surface area contributed by atoms with Crippen LogP contribution in [0.2, 0.25) is 0 Å². The Labute approximate surface area is 397 Å². The second-order valence-electron chi connectivity index (χ2n) is 15.3. The number of nitrogens with one attached hydrogen (secondary N) is 4. The summed E-state index contributed by atoms with van der Waals surface area (Å²) in [6.07, 6.45) is 0. The normalized spacial score (nSPS) is 11.1. The minimum atomic E-state index is -0.730. The van der Waals surface area contributed by atoms with Crippen molar-refractivity contribution >= 4 is 114 Å². The Bertz CT molecular complexity index is 3420. The van der Waals surface area contributed by atoms with E-state index < -0.39 is 23.9 Å². The molecule has 8 aromatic rings. The van der Waals surface area contributed by atoms with Crippen LogP contribution in [0.15, 0.2) is 189 Å². The van der Waals surface area contributed by atoms with Crippen LogP contribution in [-0.4, -0.2) is 35.9 Å². The van der Waals surface area contributed by atoms with Gasteiger partial charge in [-0.2, -0.15) is 10.2 Å². The number of fused-ring (bicyclic) bond motifs is 2. The van der Waals surface area contributed by atoms with Crippen LogP contribution in [0.5, 0.6) is 0 Å². The molecule has 21 heteroatoms. The number of primary amides is 1. The maximum Gasteiger partial charge on any atom is 0.352 e. The number of hydrogen-bond donors (Lipinski definition) is 7. The maximum atomic E-state index is 13.3. The molecule has 0 atom stereocenters. The lowest BCUT2D eigenvalue weighted by Gasteiger charge is -2.21. The summed E-state index contributed by atoms with van der Waals surface area (Å²) < 4.78 is 0. The van der Waals surface area contributed by atoms with Gasteiger partial charge >= 0.3 is 12.1 Å². The van der Waals surface area contributed by atoms with E-state index in [-0.39, 0.29) is 22.7 Å². The van der Waals surface area contributed by atoms with Gasteiger partial charge in [-0.3, -0.25) is 14.6 Å². The van der Waals surface area contributed by atoms with E-state index >= 15 is 0 Å². The minimum absolute atomic E-state index is 0.0615. The molecule has 0 aliphatic rings. The fourth-order valence-corrected chi connectivity index (χ4v) is 7.09. The fraction of sp³-hybridized carbons (Fsp3) is 0.0204. The Hall–Kier alpha value is -10.1. The third-order valence-corrected chi connectivity index (χ3v) is 10.5. The van der Waals surface area contributed by atoms with Crippen molar-refractivity contribution < 1.29 is 19.2 Å². The van der Waals surface area contributed by atoms with Gasteiger partial charge < -0.3 is 27.0 Å². The number of hydrazine groups is 2. The van der Waals surface area contributed by atoms with E-state index in [1.165, 1.54) is 25.2 Å². The van der Waals surface area contributed by atoms with Gasteiger partial charge in [0.15, 0.2) is 0 Å². The standard InChI is InChI=1S/C49H39N15O6/c1-63(51)49(68)64(52)39-7-3-6-38(27-39)55-47(66)31-9-21-41-29(25-31)11-23-43(62-70)45(41)60-58-35-18-14-33(15-19-35)53-32-12-16-34(17-13-32)57-59-44-40-20-8-30(24-28(40)10-22-42(44)61-69)46(65)54-36-4-2-5-37(26-36)56-48(50)67/h2-27,53H,51-52H2,1H3,(H,54,65)(H,55,66)(H3,50,56,67)/b59-57+,60-58+. The van der Waals surface area contributed by atoms with Crippen molar-refractivity contribution in [3.8, 4) is 0 Å². The van der Waals surface area contributed by atoms with Gasteiger partial charge in [0.25, 0.3) is 11.8 Å². The number of nitroso groups, excluding NO2 is 2. The first-order valence-corrected chi connectivity index (χ1v) is 20.9. The van der Waals surface area contributed by atoms with E-state index in [9.17, 15) is 29.0 Å². The topological polar surface area (TPSA) is 309 Å². The van der Waals surface area contributed by atoms with Crippen molar-refractivity contribution in [1.82, 2.24) is 5.01 Å². The Balaban J connectivity index is 0.909. The molecule has 0 unspecified atom stereocenters. The summed E-state index contributed by atoms with van der Waals surface area (Å²) in [5.74, 6) is 10.6. The number of anilines is 6. The number of hydrogen-bond acceptors (Lipinski definition) is 15. The van der Waals surface area contributed by atoms with Crippen LogP contribution in [-0.2, 0) is 0 Å². The van der Waals surface area contributed by atoms with Crippen molar-refractivity contribution in [3.63, 3.8) is 0 Å². The van der Waals surface area contributed by atoms with Crippen LogP contribution in [0, 0.1) is 9.81 Å². The number of nitrogens with two attached hydrogens (primary N) is 3. The smallest absolute Gasteiger partial charge is 0.352 e. The first kappa shape index (κ1) is 46.4. The molecule has 0 fully saturated rings. The molecule has 0 saturated carbocycles. The molecule has 0 aliphatic carbocycles. The highest BCUT2D eigenvalue weighted by Crippen LogP contribution is 2.39. The number of urea groups is 2. The fourth-order valence-electron chi connectivity index (χ4n) is 7.09. The van der Waals surface area contributed by atoms with Gasteiger partial charge in [-0.1, -0.05) is 36.4 Å². The molecule has 346 valence electrons. The number of rotatable bonds is 14. The van der Waals surface area contributed by atoms with Crippen LogP contribution in [0.25, 0.3) is 21.5 Å². The number of amides is 6. The van der Waals surface area contributed by atoms with Crippen molar-refractivity contribution in [2.75, 3.05) is 33.3 Å². The van der Waals surface area contributed by atoms with E-state index in [1.54, 1.807) is 140 Å². The van der Waals surface area contributed by atoms with Crippen LogP contribution < -0.4 is 43.7 Å². The van der Waals surface area contributed by atoms with Crippen molar-refractivity contribution in [3.05, 3.63) is 179 Å². The Kier molecular flexibility index (Phi) is 13.7. The molecule has 0 aliphatic heterocycles. The Morgan fingerprint density at radius 1 is 0.486 bits per heavy atom. The van der Waals surface area contributed by atoms with Crippen LogP contribution >= 0.6 is 0 Å². The largest absolute Gasteiger partial charge is 0.356 e. The van der Waals surface area contributed by atoms with Crippen LogP contribution in [0.1, 0.15) is 20.7 Å². The average molecular weight is 934 g/mol. The maximum absolute atomic E-state index is 13.3. The summed E-state index contributed by atoms with van der Waals surface area (Å²) in [7, 11) is 1.36. The van der Waals surface area contributed by atoms with Crippen molar-refractivity contribution in [1.29, 1.82) is 0 Å². The molecular formula is C49H39N15O6. The summed E-state index contributed by atoms with van der Waals surface area (Å²) in [5, 5.41) is 39.1. The molecule has 0 aromatic heterocycles. The summed E-state index contributed by atoms with van der Waals surface area (Å²) in [4.78, 5) is 73.4. The van der Waals surface area contributed by atoms with Gasteiger partial charge in [-0.05, 0) is 142 Å². The summed E-state index contributed by atoms with van der Waals surface area (Å²) in [5.41, 5.74) is 10.5. The van der Waals surface area contributed by atoms with Gasteiger partial charge in [0, 0.05) is 57.4 Å². The van der Waals surface area contributed by atoms with Crippen molar-refractivity contribution in [2.45, 2.75) is 0 Å². The van der Waals surface area contributed by atoms with E-state index in [0.29, 0.717) is 66.8 Å². The van der Waals surface area contributed by atoms with E-state index in [2.05, 4.69) is 52.1 Å². The number of azo groups is 2. The molecule has 70 heavy (non-hydrogen) atoms. The molecule has 10 N–H and O–H groups in total. The van der Waals surface area contributed by atoms with Gasteiger partial charge in [0.1, 0.15) is 22.7 Å². The van der Waals surface area contributed by atoms with Gasteiger partial charge in [-0.25, -0.2) is 26.3 Å². The zero-order valence-electron chi connectivity index (χ0n) is 36.8. The summed E-state index contributed by atoms with van der Waals surface area (Å²) in [6.45, 7) is 0. The molecule has 8 aromatic carbocycles. The Morgan fingerprint density at radius 2 is 0.943 bits per heavy atom. The highest BCUT2D eigenvalue weighted by molar-refractivity contribution is 6.10. The molecule has 0 spiro atoms. The molecule has 0 saturated heterocycles. The minimum Gasteiger partial charge on any atom is -0.356 e. The van der Waals surface area contributed by atoms with Gasteiger partial charge in [-0.15, -0.1) is 20.0 Å². The molecule has 6 amide bonds. The van der Waals surface area contributed by atoms with Crippen LogP contribution in [0.3, 0.4) is 0 Å². The first-order valence-electron chi connectivity index (χ1n) is 20.9. The number of nitrogens with zero attached hydrogens (tertiary/aromatic N) is 8. The molecule has 21 nitrogen and oxygen atoms in total. The lowest BCUT2D eigenvalue weighted by Crippen LogP contribution is -2.48. The predicted octanol–water partition coefficient (Wildman–Crippen LogP) is 12.0. The number of carbonyl (C=O) groups is 4. The van der Waals surface area contributed by atoms with E-state index in [1.807, 2.05) is 0 Å². The second-order valence-corrected chi connectivity index (χ2v) is 15.3. The molecule has 0 bridgehead atoms. The monoisotopic (exact) mass is 933 g/mol. The van der Waals surface area contributed by atoms with E-state index in [0.717, 1.165) is 21.4 Å². The quantitative estimate of drug-likeness (QED) is 0.0179. The first-order chi connectivity index (χ1) is 33.8. The van der Waals surface area contributed by atoms with Gasteiger partial charge in [0.05, 0.1) is 17.1 Å². The highest BCUT2D eigenvalue weighted by Gasteiger charge is 2.17. The van der Waals surface area contributed by atoms with Crippen molar-refractivity contribution in [2.24, 2.45) is 48.2 Å². The average Bonchev–Trinajstić information content (AvgIpc) is 3.37. The van der Waals surface area contributed by atoms with Crippen LogP contribution in [0.4, 0.5) is 77.8 Å². The lowest BCUT2D eigenvalue weighted by molar-refractivity contribution is 0.101. The second kappa shape index (κ2) is 20.6. The van der Waals surface area contributed by atoms with E-state index in [4.69, 9.17) is 17.4 Å². The zero-order chi connectivity index (χ0) is 49.3. The zero-order valence-corrected chi connectivity index (χ0v) is 36.8. The molecule has 0 radical (unpaired) electrons. The summed E-state index contributed by atoms with van der Waals surface area (Å²) in [6, 6.07) is 41.8. The molecular weight excluding hydrogens is 895 g/mol. The summed E-state index contributed by atoms with van der Waals surface area (Å²) >= 11 is 0. The third-order valence-electron chi connectivity index (χ3n) is 10.5. The molecule has 0 heterocycles. The predicted molar refractivity (Wildman–Crippen MR) is 269 cm³/mol. The number of benzene rings is 8. The number of carbonyl (C=O) groups excluding carboxylic acids is 4. The third kappa shape index (κ3) is 10.8. The molecule has 8 rings (SSSR count). The SMILES string of the molecule is CN(N)C(=O)N(N)c1cccc(NC(=O)c2ccc3c(/N=N/c4ccc(Nc5ccc(/N=N/c6c(N=O)ccc7cc(C(=O)Nc8cccc(NC(N)=O)c8)ccc67)cc5)cc4)c(N=O)ccc3c2)c1.